The second-order valence-corrected chi connectivity index (χ2v) is 6.68. The highest BCUT2D eigenvalue weighted by Crippen LogP contribution is 2.40. The highest BCUT2D eigenvalue weighted by molar-refractivity contribution is 7.80. The first kappa shape index (κ1) is 16.6. The third-order valence-corrected chi connectivity index (χ3v) is 4.56. The van der Waals surface area contributed by atoms with Crippen molar-refractivity contribution in [2.45, 2.75) is 24.9 Å². The van der Waals surface area contributed by atoms with E-state index in [0.29, 0.717) is 33.6 Å². The number of phenols is 2. The van der Waals surface area contributed by atoms with Gasteiger partial charge in [-0.25, -0.2) is 0 Å². The van der Waals surface area contributed by atoms with Crippen molar-refractivity contribution >= 4 is 12.6 Å². The molecular formula is C18H17N3O4S. The molecule has 0 amide bonds. The normalized spacial score (nSPS) is 12.8. The van der Waals surface area contributed by atoms with Crippen molar-refractivity contribution in [3.8, 4) is 40.1 Å². The van der Waals surface area contributed by atoms with Gasteiger partial charge in [0.05, 0.1) is 11.3 Å². The van der Waals surface area contributed by atoms with Crippen LogP contribution in [0, 0.1) is 0 Å². The number of phenolic OH excluding ortho intramolecular Hbond substituents is 2. The van der Waals surface area contributed by atoms with Crippen LogP contribution in [-0.4, -0.2) is 31.8 Å². The van der Waals surface area contributed by atoms with Gasteiger partial charge in [-0.1, -0.05) is 13.8 Å². The van der Waals surface area contributed by atoms with Crippen molar-refractivity contribution in [1.82, 2.24) is 14.8 Å². The van der Waals surface area contributed by atoms with Gasteiger partial charge in [0, 0.05) is 12.1 Å². The van der Waals surface area contributed by atoms with Crippen molar-refractivity contribution in [3.05, 3.63) is 35.9 Å². The van der Waals surface area contributed by atoms with Crippen LogP contribution in [0.1, 0.15) is 25.3 Å². The molecule has 3 aromatic rings. The molecule has 134 valence electrons. The molecule has 4 rings (SSSR count). The Kier molecular flexibility index (Phi) is 3.91. The van der Waals surface area contributed by atoms with Gasteiger partial charge in [0.1, 0.15) is 11.5 Å². The summed E-state index contributed by atoms with van der Waals surface area (Å²) in [4.78, 5) is 0. The Morgan fingerprint density at radius 3 is 2.58 bits per heavy atom. The Bertz CT molecular complexity index is 1000. The summed E-state index contributed by atoms with van der Waals surface area (Å²) < 4.78 is 12.5. The molecule has 26 heavy (non-hydrogen) atoms. The number of aromatic hydroxyl groups is 2. The van der Waals surface area contributed by atoms with E-state index >= 15 is 0 Å². The fourth-order valence-electron chi connectivity index (χ4n) is 2.95. The summed E-state index contributed by atoms with van der Waals surface area (Å²) in [6.45, 7) is 4.10. The van der Waals surface area contributed by atoms with Gasteiger partial charge < -0.3 is 19.7 Å². The second-order valence-electron chi connectivity index (χ2n) is 6.28. The number of fused-ring (bicyclic) bond motifs is 1. The molecule has 0 aliphatic carbocycles. The molecule has 0 saturated heterocycles. The SMILES string of the molecule is CC(C)c1cc(-c2nnc(S)n2-c2ccc3c(c2)OCO3)c(O)cc1O. The molecular weight excluding hydrogens is 354 g/mol. The smallest absolute Gasteiger partial charge is 0.231 e. The predicted molar refractivity (Wildman–Crippen MR) is 97.6 cm³/mol. The lowest BCUT2D eigenvalue weighted by atomic mass is 9.98. The molecule has 2 aromatic carbocycles. The first-order valence-electron chi connectivity index (χ1n) is 8.06. The summed E-state index contributed by atoms with van der Waals surface area (Å²) in [5, 5.41) is 29.0. The average Bonchev–Trinajstić information content (AvgIpc) is 3.20. The first-order chi connectivity index (χ1) is 12.5. The lowest BCUT2D eigenvalue weighted by Crippen LogP contribution is -2.00. The molecule has 0 radical (unpaired) electrons. The summed E-state index contributed by atoms with van der Waals surface area (Å²) in [6.07, 6.45) is 0. The molecule has 7 nitrogen and oxygen atoms in total. The molecule has 8 heteroatoms. The van der Waals surface area contributed by atoms with Crippen molar-refractivity contribution in [2.75, 3.05) is 6.79 Å². The zero-order valence-corrected chi connectivity index (χ0v) is 15.1. The maximum atomic E-state index is 10.4. The largest absolute Gasteiger partial charge is 0.508 e. The number of ether oxygens (including phenoxy) is 2. The van der Waals surface area contributed by atoms with E-state index in [2.05, 4.69) is 22.8 Å². The summed E-state index contributed by atoms with van der Waals surface area (Å²) in [7, 11) is 0. The number of nitrogens with zero attached hydrogens (tertiary/aromatic N) is 3. The van der Waals surface area contributed by atoms with Gasteiger partial charge in [-0.2, -0.15) is 0 Å². The van der Waals surface area contributed by atoms with Crippen LogP contribution < -0.4 is 9.47 Å². The summed E-state index contributed by atoms with van der Waals surface area (Å²) in [5.41, 5.74) is 1.88. The zero-order chi connectivity index (χ0) is 18.4. The molecule has 0 atom stereocenters. The Morgan fingerprint density at radius 2 is 1.81 bits per heavy atom. The molecule has 0 spiro atoms. The van der Waals surface area contributed by atoms with Crippen molar-refractivity contribution in [2.24, 2.45) is 0 Å². The molecule has 1 aliphatic rings. The van der Waals surface area contributed by atoms with Gasteiger partial charge in [0.15, 0.2) is 22.5 Å². The monoisotopic (exact) mass is 371 g/mol. The Balaban J connectivity index is 1.89. The number of thiol groups is 1. The topological polar surface area (TPSA) is 89.6 Å². The first-order valence-corrected chi connectivity index (χ1v) is 8.51. The standard InChI is InChI=1S/C18H17N3O4S/c1-9(2)11-6-12(14(23)7-13(11)22)17-19-20-18(26)21(17)10-3-4-15-16(5-10)25-8-24-15/h3-7,9,22-23H,8H2,1-2H3,(H,20,26). The molecule has 1 aromatic heterocycles. The lowest BCUT2D eigenvalue weighted by molar-refractivity contribution is 0.174. The number of benzene rings is 2. The quantitative estimate of drug-likeness (QED) is 0.611. The number of hydrogen-bond donors (Lipinski definition) is 3. The zero-order valence-electron chi connectivity index (χ0n) is 14.2. The highest BCUT2D eigenvalue weighted by Gasteiger charge is 2.21. The maximum absolute atomic E-state index is 10.4. The van der Waals surface area contributed by atoms with E-state index in [1.165, 1.54) is 6.07 Å². The minimum Gasteiger partial charge on any atom is -0.508 e. The van der Waals surface area contributed by atoms with Gasteiger partial charge in [-0.3, -0.25) is 4.57 Å². The summed E-state index contributed by atoms with van der Waals surface area (Å²) in [6, 6.07) is 8.47. The van der Waals surface area contributed by atoms with Crippen LogP contribution in [0.25, 0.3) is 17.1 Å². The van der Waals surface area contributed by atoms with Gasteiger partial charge >= 0.3 is 0 Å². The number of aromatic nitrogens is 3. The molecule has 1 aliphatic heterocycles. The second kappa shape index (κ2) is 6.14. The van der Waals surface area contributed by atoms with E-state index in [0.717, 1.165) is 5.69 Å². The van der Waals surface area contributed by atoms with Gasteiger partial charge in [0.2, 0.25) is 6.79 Å². The summed E-state index contributed by atoms with van der Waals surface area (Å²) in [5.74, 6) is 1.72. The fraction of sp³-hybridized carbons (Fsp3) is 0.222. The highest BCUT2D eigenvalue weighted by atomic mass is 32.1. The molecule has 0 bridgehead atoms. The van der Waals surface area contributed by atoms with Crippen LogP contribution in [0.3, 0.4) is 0 Å². The Morgan fingerprint density at radius 1 is 1.04 bits per heavy atom. The summed E-state index contributed by atoms with van der Waals surface area (Å²) >= 11 is 4.39. The third-order valence-electron chi connectivity index (χ3n) is 4.27. The Hall–Kier alpha value is -2.87. The fourth-order valence-corrected chi connectivity index (χ4v) is 3.20. The molecule has 0 unspecified atom stereocenters. The number of rotatable bonds is 3. The number of hydrogen-bond acceptors (Lipinski definition) is 7. The van der Waals surface area contributed by atoms with Crippen LogP contribution in [0.4, 0.5) is 0 Å². The minimum absolute atomic E-state index is 0.0430. The molecule has 2 heterocycles. The third kappa shape index (κ3) is 2.62. The molecule has 0 saturated carbocycles. The predicted octanol–water partition coefficient (Wildman–Crippen LogP) is 3.49. The van der Waals surface area contributed by atoms with Crippen LogP contribution in [-0.2, 0) is 0 Å². The van der Waals surface area contributed by atoms with E-state index in [1.54, 1.807) is 22.8 Å². The average molecular weight is 371 g/mol. The molecule has 0 fully saturated rings. The molecule has 2 N–H and O–H groups in total. The van der Waals surface area contributed by atoms with Crippen molar-refractivity contribution < 1.29 is 19.7 Å². The van der Waals surface area contributed by atoms with Crippen LogP contribution in [0.5, 0.6) is 23.0 Å². The van der Waals surface area contributed by atoms with Crippen LogP contribution in [0.15, 0.2) is 35.5 Å². The van der Waals surface area contributed by atoms with Crippen molar-refractivity contribution in [1.29, 1.82) is 0 Å². The van der Waals surface area contributed by atoms with Crippen molar-refractivity contribution in [3.63, 3.8) is 0 Å². The minimum atomic E-state index is -0.0883. The van der Waals surface area contributed by atoms with Crippen LogP contribution in [0.2, 0.25) is 0 Å². The van der Waals surface area contributed by atoms with Crippen LogP contribution >= 0.6 is 12.6 Å². The maximum Gasteiger partial charge on any atom is 0.231 e. The van der Waals surface area contributed by atoms with Gasteiger partial charge in [-0.15, -0.1) is 22.8 Å². The van der Waals surface area contributed by atoms with E-state index < -0.39 is 0 Å². The lowest BCUT2D eigenvalue weighted by Gasteiger charge is -2.14. The van der Waals surface area contributed by atoms with E-state index in [4.69, 9.17) is 9.47 Å². The van der Waals surface area contributed by atoms with E-state index in [-0.39, 0.29) is 24.2 Å². The van der Waals surface area contributed by atoms with E-state index in [1.807, 2.05) is 19.9 Å². The van der Waals surface area contributed by atoms with Gasteiger partial charge in [-0.05, 0) is 29.7 Å². The Labute approximate surface area is 155 Å². The van der Waals surface area contributed by atoms with Gasteiger partial charge in [0.25, 0.3) is 0 Å². The van der Waals surface area contributed by atoms with E-state index in [9.17, 15) is 10.2 Å².